The minimum absolute atomic E-state index is 0.105. The Morgan fingerprint density at radius 3 is 0.689 bits per heavy atom. The zero-order chi connectivity index (χ0) is 75.6. The number of rotatable bonds is 83. The van der Waals surface area contributed by atoms with Gasteiger partial charge in [0, 0.05) is 25.7 Å². The maximum absolute atomic E-state index is 13.1. The van der Waals surface area contributed by atoms with Crippen molar-refractivity contribution in [2.24, 2.45) is 11.8 Å². The van der Waals surface area contributed by atoms with Crippen LogP contribution in [0.25, 0.3) is 0 Å². The number of carbonyl (C=O) groups excluding carboxylic acids is 4. The number of phosphoric ester groups is 2. The minimum atomic E-state index is -4.96. The molecule has 17 nitrogen and oxygen atoms in total. The first kappa shape index (κ1) is 101. The third kappa shape index (κ3) is 75.3. The molecule has 0 rings (SSSR count). The molecule has 19 heteroatoms. The molecule has 612 valence electrons. The Kier molecular flexibility index (Phi) is 74.1. The van der Waals surface area contributed by atoms with Gasteiger partial charge in [-0.05, 0) is 37.5 Å². The molecule has 0 aromatic heterocycles. The predicted octanol–water partition coefficient (Wildman–Crippen LogP) is 25.5. The average molecular weight is 1510 g/mol. The van der Waals surface area contributed by atoms with Crippen molar-refractivity contribution in [3.63, 3.8) is 0 Å². The van der Waals surface area contributed by atoms with E-state index in [1.807, 2.05) is 0 Å². The topological polar surface area (TPSA) is 237 Å². The van der Waals surface area contributed by atoms with Gasteiger partial charge < -0.3 is 33.8 Å². The summed E-state index contributed by atoms with van der Waals surface area (Å²) < 4.78 is 68.8. The van der Waals surface area contributed by atoms with E-state index >= 15 is 0 Å². The number of unbranched alkanes of at least 4 members (excludes halogenated alkanes) is 51. The van der Waals surface area contributed by atoms with Gasteiger partial charge in [0.1, 0.15) is 19.3 Å². The van der Waals surface area contributed by atoms with E-state index in [-0.39, 0.29) is 25.7 Å². The van der Waals surface area contributed by atoms with Crippen LogP contribution in [0.15, 0.2) is 0 Å². The maximum atomic E-state index is 13.1. The van der Waals surface area contributed by atoms with Crippen molar-refractivity contribution in [2.45, 2.75) is 464 Å². The summed E-state index contributed by atoms with van der Waals surface area (Å²) in [6.45, 7) is 9.65. The summed E-state index contributed by atoms with van der Waals surface area (Å²) in [5.41, 5.74) is 0. The van der Waals surface area contributed by atoms with Crippen molar-refractivity contribution in [3.05, 3.63) is 0 Å². The van der Waals surface area contributed by atoms with Crippen molar-refractivity contribution >= 4 is 39.5 Å². The fourth-order valence-electron chi connectivity index (χ4n) is 13.0. The third-order valence-electron chi connectivity index (χ3n) is 20.4. The fraction of sp³-hybridized carbons (Fsp3) is 0.952. The molecule has 0 aliphatic carbocycles. The normalized spacial score (nSPS) is 14.4. The highest BCUT2D eigenvalue weighted by Gasteiger charge is 2.30. The van der Waals surface area contributed by atoms with E-state index in [4.69, 9.17) is 37.0 Å². The summed E-state index contributed by atoms with van der Waals surface area (Å²) in [6.07, 6.45) is 66.7. The third-order valence-corrected chi connectivity index (χ3v) is 22.3. The van der Waals surface area contributed by atoms with Gasteiger partial charge in [-0.15, -0.1) is 0 Å². The van der Waals surface area contributed by atoms with Crippen LogP contribution in [0.2, 0.25) is 0 Å². The molecule has 0 fully saturated rings. The number of hydrogen-bond donors (Lipinski definition) is 3. The molecule has 0 radical (unpaired) electrons. The lowest BCUT2D eigenvalue weighted by atomic mass is 9.99. The highest BCUT2D eigenvalue weighted by Crippen LogP contribution is 2.45. The van der Waals surface area contributed by atoms with Crippen LogP contribution >= 0.6 is 15.6 Å². The summed E-state index contributed by atoms with van der Waals surface area (Å²) >= 11 is 0. The maximum Gasteiger partial charge on any atom is 0.472 e. The summed E-state index contributed by atoms with van der Waals surface area (Å²) in [7, 11) is -9.92. The molecule has 0 spiro atoms. The molecule has 0 bridgehead atoms. The van der Waals surface area contributed by atoms with Gasteiger partial charge in [0.05, 0.1) is 26.4 Å². The lowest BCUT2D eigenvalue weighted by molar-refractivity contribution is -0.161. The number of phosphoric acid groups is 2. The molecule has 0 amide bonds. The molecular weight excluding hydrogens is 1340 g/mol. The van der Waals surface area contributed by atoms with Crippen LogP contribution in [-0.4, -0.2) is 96.7 Å². The van der Waals surface area contributed by atoms with Gasteiger partial charge in [-0.3, -0.25) is 37.3 Å². The summed E-state index contributed by atoms with van der Waals surface area (Å²) in [5, 5.41) is 10.7. The molecule has 0 saturated carbocycles. The van der Waals surface area contributed by atoms with Crippen LogP contribution < -0.4 is 0 Å². The number of hydrogen-bond acceptors (Lipinski definition) is 15. The van der Waals surface area contributed by atoms with Gasteiger partial charge in [0.25, 0.3) is 0 Å². The predicted molar refractivity (Wildman–Crippen MR) is 423 cm³/mol. The van der Waals surface area contributed by atoms with E-state index in [0.29, 0.717) is 25.7 Å². The van der Waals surface area contributed by atoms with Crippen LogP contribution in [-0.2, 0) is 65.4 Å². The van der Waals surface area contributed by atoms with Crippen LogP contribution in [0.5, 0.6) is 0 Å². The molecule has 0 aliphatic heterocycles. The van der Waals surface area contributed by atoms with E-state index in [2.05, 4.69) is 41.5 Å². The molecule has 0 aliphatic rings. The number of carbonyl (C=O) groups is 4. The van der Waals surface area contributed by atoms with Crippen molar-refractivity contribution in [2.75, 3.05) is 39.6 Å². The highest BCUT2D eigenvalue weighted by atomic mass is 31.2. The highest BCUT2D eigenvalue weighted by molar-refractivity contribution is 7.47. The Hall–Kier alpha value is -1.94. The molecule has 4 unspecified atom stereocenters. The monoisotopic (exact) mass is 1510 g/mol. The Labute approximate surface area is 632 Å². The zero-order valence-corrected chi connectivity index (χ0v) is 69.4. The van der Waals surface area contributed by atoms with E-state index in [1.54, 1.807) is 0 Å². The van der Waals surface area contributed by atoms with Crippen LogP contribution in [0.3, 0.4) is 0 Å². The molecule has 0 aromatic rings. The molecule has 0 saturated heterocycles. The van der Waals surface area contributed by atoms with Crippen LogP contribution in [0.4, 0.5) is 0 Å². The molecule has 103 heavy (non-hydrogen) atoms. The number of aliphatic hydroxyl groups excluding tert-OH is 1. The van der Waals surface area contributed by atoms with Crippen molar-refractivity contribution in [1.82, 2.24) is 0 Å². The zero-order valence-electron chi connectivity index (χ0n) is 67.6. The first-order valence-electron chi connectivity index (χ1n) is 43.6. The average Bonchev–Trinajstić information content (AvgIpc) is 0.930. The van der Waals surface area contributed by atoms with Gasteiger partial charge in [0.15, 0.2) is 12.2 Å². The van der Waals surface area contributed by atoms with E-state index in [0.717, 1.165) is 102 Å². The lowest BCUT2D eigenvalue weighted by Crippen LogP contribution is -2.30. The van der Waals surface area contributed by atoms with Crippen molar-refractivity contribution in [1.29, 1.82) is 0 Å². The molecule has 7 atom stereocenters. The van der Waals surface area contributed by atoms with Gasteiger partial charge in [-0.25, -0.2) is 9.13 Å². The molecule has 0 aromatic carbocycles. The lowest BCUT2D eigenvalue weighted by Gasteiger charge is -2.21. The van der Waals surface area contributed by atoms with Crippen LogP contribution in [0.1, 0.15) is 446 Å². The van der Waals surface area contributed by atoms with E-state index < -0.39 is 97.5 Å². The number of ether oxygens (including phenoxy) is 4. The summed E-state index contributed by atoms with van der Waals surface area (Å²) in [5.74, 6) is -0.561. The standard InChI is InChI=1S/C84H164O17P2/c1-7-11-13-15-17-19-21-23-25-27-28-29-30-31-33-35-37-39-41-50-56-62-68-83(88)100-79(72-94-81(86)66-60-54-48-40-38-36-34-32-26-24-22-20-18-16-14-12-8-2)74-98-102(90,91)96-70-78(85)71-97-103(92,93)99-75-80(101-84(89)69-63-57-51-45-43-47-53-59-65-77(6)10-4)73-95-82(87)67-61-55-49-44-42-46-52-58-64-76(5)9-3/h76-80,85H,7-75H2,1-6H3,(H,90,91)(H,92,93)/t76?,77?,78-,79-,80-/m1/s1. The Morgan fingerprint density at radius 1 is 0.272 bits per heavy atom. The second kappa shape index (κ2) is 75.5. The van der Waals surface area contributed by atoms with Crippen molar-refractivity contribution < 1.29 is 80.2 Å². The number of esters is 4. The summed E-state index contributed by atoms with van der Waals surface area (Å²) in [6, 6.07) is 0. The number of aliphatic hydroxyl groups is 1. The van der Waals surface area contributed by atoms with Crippen molar-refractivity contribution in [3.8, 4) is 0 Å². The Bertz CT molecular complexity index is 1980. The molecular formula is C84H164O17P2. The van der Waals surface area contributed by atoms with Gasteiger partial charge in [0.2, 0.25) is 0 Å². The Balaban J connectivity index is 5.23. The summed E-state index contributed by atoms with van der Waals surface area (Å²) in [4.78, 5) is 73.1. The first-order valence-corrected chi connectivity index (χ1v) is 46.6. The molecule has 0 heterocycles. The smallest absolute Gasteiger partial charge is 0.462 e. The fourth-order valence-corrected chi connectivity index (χ4v) is 14.6. The van der Waals surface area contributed by atoms with E-state index in [9.17, 15) is 43.2 Å². The SMILES string of the molecule is CCCCCCCCCCCCCCCCCCCCCCCCC(=O)O[C@H](COC(=O)CCCCCCCCCCCCCCCCCCC)COP(=O)(O)OC[C@@H](O)COP(=O)(O)OC[C@@H](COC(=O)CCCCCCCCCCC(C)CC)OC(=O)CCCCCCCCCCC(C)CC. The second-order valence-corrected chi connectivity index (χ2v) is 33.6. The van der Waals surface area contributed by atoms with E-state index in [1.165, 1.54) is 263 Å². The second-order valence-electron chi connectivity index (χ2n) is 30.7. The minimum Gasteiger partial charge on any atom is -0.462 e. The quantitative estimate of drug-likeness (QED) is 0.0222. The first-order chi connectivity index (χ1) is 49.9. The molecule has 3 N–H and O–H groups in total. The van der Waals surface area contributed by atoms with Gasteiger partial charge in [-0.2, -0.15) is 0 Å². The van der Waals surface area contributed by atoms with Crippen LogP contribution in [0, 0.1) is 11.8 Å². The van der Waals surface area contributed by atoms with Gasteiger partial charge >= 0.3 is 39.5 Å². The Morgan fingerprint density at radius 2 is 0.466 bits per heavy atom. The van der Waals surface area contributed by atoms with Gasteiger partial charge in [-0.1, -0.05) is 395 Å². The largest absolute Gasteiger partial charge is 0.472 e.